The lowest BCUT2D eigenvalue weighted by atomic mass is 9.97. The first-order chi connectivity index (χ1) is 9.65. The van der Waals surface area contributed by atoms with Crippen LogP contribution in [0.1, 0.15) is 26.7 Å². The number of hydrogen-bond donors (Lipinski definition) is 2. The molecule has 5 nitrogen and oxygen atoms in total. The molecule has 2 N–H and O–H groups in total. The van der Waals surface area contributed by atoms with E-state index in [9.17, 15) is 0 Å². The van der Waals surface area contributed by atoms with E-state index in [0.29, 0.717) is 6.61 Å². The maximum atomic E-state index is 5.03. The smallest absolute Gasteiger partial charge is 0.191 e. The van der Waals surface area contributed by atoms with Gasteiger partial charge in [-0.05, 0) is 31.2 Å². The van der Waals surface area contributed by atoms with Gasteiger partial charge in [-0.15, -0.1) is 24.0 Å². The lowest BCUT2D eigenvalue weighted by Crippen LogP contribution is -2.45. The van der Waals surface area contributed by atoms with Gasteiger partial charge in [-0.25, -0.2) is 0 Å². The van der Waals surface area contributed by atoms with Crippen LogP contribution in [0.15, 0.2) is 4.99 Å². The van der Waals surface area contributed by atoms with E-state index < -0.39 is 0 Å². The van der Waals surface area contributed by atoms with Gasteiger partial charge < -0.3 is 20.3 Å². The lowest BCUT2D eigenvalue weighted by molar-refractivity contribution is 0.159. The third-order valence-corrected chi connectivity index (χ3v) is 3.61. The molecule has 0 aromatic carbocycles. The number of likely N-dealkylation sites (tertiary alicyclic amines) is 1. The second kappa shape index (κ2) is 12.5. The first-order valence-electron chi connectivity index (χ1n) is 7.81. The zero-order valence-corrected chi connectivity index (χ0v) is 16.4. The fourth-order valence-electron chi connectivity index (χ4n) is 2.73. The number of hydrogen-bond acceptors (Lipinski definition) is 3. The number of nitrogens with one attached hydrogen (secondary N) is 2. The van der Waals surface area contributed by atoms with Crippen molar-refractivity contribution in [2.24, 2.45) is 16.8 Å². The Morgan fingerprint density at radius 2 is 2.14 bits per heavy atom. The maximum Gasteiger partial charge on any atom is 0.191 e. The van der Waals surface area contributed by atoms with Crippen LogP contribution < -0.4 is 10.6 Å². The van der Waals surface area contributed by atoms with E-state index in [4.69, 9.17) is 4.74 Å². The van der Waals surface area contributed by atoms with E-state index in [1.807, 2.05) is 7.05 Å². The maximum absolute atomic E-state index is 5.03. The van der Waals surface area contributed by atoms with Crippen LogP contribution in [0.5, 0.6) is 0 Å². The molecule has 1 aliphatic rings. The molecule has 0 radical (unpaired) electrons. The van der Waals surface area contributed by atoms with Gasteiger partial charge in [0.1, 0.15) is 0 Å². The quantitative estimate of drug-likeness (QED) is 0.290. The number of piperidine rings is 1. The number of halogens is 1. The molecule has 0 spiro atoms. The minimum Gasteiger partial charge on any atom is -0.383 e. The highest BCUT2D eigenvalue weighted by molar-refractivity contribution is 14.0. The molecule has 0 bridgehead atoms. The summed E-state index contributed by atoms with van der Waals surface area (Å²) in [5.41, 5.74) is 0. The van der Waals surface area contributed by atoms with Gasteiger partial charge in [-0.1, -0.05) is 13.8 Å². The Hall–Kier alpha value is -0.0800. The van der Waals surface area contributed by atoms with Gasteiger partial charge >= 0.3 is 0 Å². The van der Waals surface area contributed by atoms with E-state index >= 15 is 0 Å². The average Bonchev–Trinajstić information content (AvgIpc) is 2.42. The summed E-state index contributed by atoms with van der Waals surface area (Å²) < 4.78 is 5.03. The molecule has 1 fully saturated rings. The molecule has 1 unspecified atom stereocenters. The van der Waals surface area contributed by atoms with E-state index in [1.165, 1.54) is 32.5 Å². The Morgan fingerprint density at radius 1 is 1.38 bits per heavy atom. The zero-order valence-electron chi connectivity index (χ0n) is 14.0. The number of ether oxygens (including phenoxy) is 1. The molecule has 0 aliphatic carbocycles. The summed E-state index contributed by atoms with van der Waals surface area (Å²) in [6.45, 7) is 10.8. The highest BCUT2D eigenvalue weighted by Gasteiger charge is 2.20. The Balaban J connectivity index is 0.00000400. The summed E-state index contributed by atoms with van der Waals surface area (Å²) in [6, 6.07) is 0. The second-order valence-corrected chi connectivity index (χ2v) is 6.03. The average molecular weight is 412 g/mol. The standard InChI is InChI=1S/C15H32N4O.HI/c1-13(2)11-19-8-5-6-14(12-19)10-18-15(16-3)17-7-9-20-4;/h13-14H,5-12H2,1-4H3,(H2,16,17,18);1H. The van der Waals surface area contributed by atoms with Crippen molar-refractivity contribution in [3.8, 4) is 0 Å². The van der Waals surface area contributed by atoms with E-state index in [-0.39, 0.29) is 24.0 Å². The minimum atomic E-state index is 0. The predicted molar refractivity (Wildman–Crippen MR) is 101 cm³/mol. The summed E-state index contributed by atoms with van der Waals surface area (Å²) >= 11 is 0. The van der Waals surface area contributed by atoms with Gasteiger partial charge in [0.05, 0.1) is 6.61 Å². The first kappa shape index (κ1) is 20.9. The topological polar surface area (TPSA) is 48.9 Å². The number of methoxy groups -OCH3 is 1. The molecule has 6 heteroatoms. The minimum absolute atomic E-state index is 0. The largest absolute Gasteiger partial charge is 0.383 e. The SMILES string of the molecule is CN=C(NCCOC)NCC1CCCN(CC(C)C)C1.I. The van der Waals surface area contributed by atoms with Crippen LogP contribution in [0.4, 0.5) is 0 Å². The molecule has 1 saturated heterocycles. The van der Waals surface area contributed by atoms with Crippen LogP contribution in [-0.2, 0) is 4.74 Å². The molecule has 1 rings (SSSR count). The molecule has 1 atom stereocenters. The van der Waals surface area contributed by atoms with Gasteiger partial charge in [0.15, 0.2) is 5.96 Å². The number of guanidine groups is 1. The van der Waals surface area contributed by atoms with Crippen LogP contribution in [0, 0.1) is 11.8 Å². The molecule has 21 heavy (non-hydrogen) atoms. The molecule has 0 aromatic heterocycles. The normalized spacial score (nSPS) is 20.2. The van der Waals surface area contributed by atoms with Crippen molar-refractivity contribution in [2.75, 3.05) is 53.5 Å². The molecule has 0 saturated carbocycles. The molecule has 126 valence electrons. The Labute approximate surface area is 147 Å². The molecule has 0 amide bonds. The summed E-state index contributed by atoms with van der Waals surface area (Å²) in [6.07, 6.45) is 2.63. The van der Waals surface area contributed by atoms with Gasteiger partial charge in [0.2, 0.25) is 0 Å². The highest BCUT2D eigenvalue weighted by Crippen LogP contribution is 2.16. The fraction of sp³-hybridized carbons (Fsp3) is 0.933. The summed E-state index contributed by atoms with van der Waals surface area (Å²) in [4.78, 5) is 6.84. The fourth-order valence-corrected chi connectivity index (χ4v) is 2.73. The molecule has 1 aliphatic heterocycles. The van der Waals surface area contributed by atoms with Crippen LogP contribution in [0.2, 0.25) is 0 Å². The highest BCUT2D eigenvalue weighted by atomic mass is 127. The number of rotatable bonds is 7. The van der Waals surface area contributed by atoms with Crippen LogP contribution in [-0.4, -0.2) is 64.3 Å². The zero-order chi connectivity index (χ0) is 14.8. The van der Waals surface area contributed by atoms with E-state index in [1.54, 1.807) is 7.11 Å². The van der Waals surface area contributed by atoms with Gasteiger partial charge in [0, 0.05) is 40.3 Å². The van der Waals surface area contributed by atoms with Crippen LogP contribution in [0.3, 0.4) is 0 Å². The second-order valence-electron chi connectivity index (χ2n) is 6.03. The Kier molecular flexibility index (Phi) is 12.4. The lowest BCUT2D eigenvalue weighted by Gasteiger charge is -2.34. The van der Waals surface area contributed by atoms with Crippen molar-refractivity contribution in [2.45, 2.75) is 26.7 Å². The van der Waals surface area contributed by atoms with Crippen molar-refractivity contribution in [3.05, 3.63) is 0 Å². The van der Waals surface area contributed by atoms with Gasteiger partial charge in [0.25, 0.3) is 0 Å². The van der Waals surface area contributed by atoms with Crippen molar-refractivity contribution in [1.29, 1.82) is 0 Å². The van der Waals surface area contributed by atoms with Crippen molar-refractivity contribution >= 4 is 29.9 Å². The van der Waals surface area contributed by atoms with Crippen LogP contribution >= 0.6 is 24.0 Å². The summed E-state index contributed by atoms with van der Waals surface area (Å²) in [5, 5.41) is 6.68. The first-order valence-corrected chi connectivity index (χ1v) is 7.81. The summed E-state index contributed by atoms with van der Waals surface area (Å²) in [5.74, 6) is 2.36. The van der Waals surface area contributed by atoms with Gasteiger partial charge in [-0.2, -0.15) is 0 Å². The van der Waals surface area contributed by atoms with Crippen LogP contribution in [0.25, 0.3) is 0 Å². The van der Waals surface area contributed by atoms with Crippen molar-refractivity contribution in [1.82, 2.24) is 15.5 Å². The third kappa shape index (κ3) is 9.52. The molecule has 0 aromatic rings. The number of aliphatic imine (C=N–C) groups is 1. The third-order valence-electron chi connectivity index (χ3n) is 3.61. The van der Waals surface area contributed by atoms with Gasteiger partial charge in [-0.3, -0.25) is 4.99 Å². The van der Waals surface area contributed by atoms with Crippen molar-refractivity contribution in [3.63, 3.8) is 0 Å². The monoisotopic (exact) mass is 412 g/mol. The Morgan fingerprint density at radius 3 is 2.76 bits per heavy atom. The molecular weight excluding hydrogens is 379 g/mol. The summed E-state index contributed by atoms with van der Waals surface area (Å²) in [7, 11) is 3.53. The Bertz CT molecular complexity index is 287. The number of nitrogens with zero attached hydrogens (tertiary/aromatic N) is 2. The van der Waals surface area contributed by atoms with Crippen molar-refractivity contribution < 1.29 is 4.74 Å². The molecule has 1 heterocycles. The van der Waals surface area contributed by atoms with E-state index in [2.05, 4.69) is 34.4 Å². The predicted octanol–water partition coefficient (Wildman–Crippen LogP) is 1.78. The van der Waals surface area contributed by atoms with E-state index in [0.717, 1.165) is 30.9 Å². The molecular formula is C15H33IN4O.